The summed E-state index contributed by atoms with van der Waals surface area (Å²) in [4.78, 5) is 9.35. The van der Waals surface area contributed by atoms with Crippen molar-refractivity contribution in [1.82, 2.24) is 9.97 Å². The minimum Gasteiger partial charge on any atom is -0.326 e. The SMILES string of the molecule is NCc1cccc(Sc2cnccn2)c1. The van der Waals surface area contributed by atoms with Gasteiger partial charge in [-0.1, -0.05) is 23.9 Å². The number of rotatable bonds is 3. The maximum atomic E-state index is 5.57. The molecule has 0 radical (unpaired) electrons. The third-order valence-corrected chi connectivity index (χ3v) is 2.81. The van der Waals surface area contributed by atoms with E-state index in [1.54, 1.807) is 30.4 Å². The summed E-state index contributed by atoms with van der Waals surface area (Å²) >= 11 is 1.59. The van der Waals surface area contributed by atoms with E-state index in [0.29, 0.717) is 6.54 Å². The van der Waals surface area contributed by atoms with Gasteiger partial charge in [0.05, 0.1) is 6.20 Å². The topological polar surface area (TPSA) is 51.8 Å². The average molecular weight is 217 g/mol. The molecule has 2 N–H and O–H groups in total. The van der Waals surface area contributed by atoms with Crippen LogP contribution in [0.25, 0.3) is 0 Å². The molecular formula is C11H11N3S. The third-order valence-electron chi connectivity index (χ3n) is 1.90. The van der Waals surface area contributed by atoms with Crippen LogP contribution in [-0.4, -0.2) is 9.97 Å². The van der Waals surface area contributed by atoms with Gasteiger partial charge in [-0.3, -0.25) is 4.98 Å². The van der Waals surface area contributed by atoms with Crippen LogP contribution in [0, 0.1) is 0 Å². The Kier molecular flexibility index (Phi) is 3.32. The van der Waals surface area contributed by atoms with Crippen LogP contribution in [0.3, 0.4) is 0 Å². The van der Waals surface area contributed by atoms with Gasteiger partial charge in [0, 0.05) is 23.8 Å². The first kappa shape index (κ1) is 10.1. The van der Waals surface area contributed by atoms with Crippen molar-refractivity contribution in [3.63, 3.8) is 0 Å². The van der Waals surface area contributed by atoms with Crippen LogP contribution in [-0.2, 0) is 6.54 Å². The lowest BCUT2D eigenvalue weighted by Gasteiger charge is -2.02. The zero-order valence-corrected chi connectivity index (χ0v) is 8.95. The van der Waals surface area contributed by atoms with Gasteiger partial charge in [-0.25, -0.2) is 4.98 Å². The van der Waals surface area contributed by atoms with Gasteiger partial charge >= 0.3 is 0 Å². The second kappa shape index (κ2) is 4.91. The maximum Gasteiger partial charge on any atom is 0.119 e. The highest BCUT2D eigenvalue weighted by Gasteiger charge is 1.98. The van der Waals surface area contributed by atoms with Crippen molar-refractivity contribution >= 4 is 11.8 Å². The molecule has 2 aromatic rings. The zero-order valence-electron chi connectivity index (χ0n) is 8.13. The molecule has 0 aliphatic rings. The highest BCUT2D eigenvalue weighted by Crippen LogP contribution is 2.25. The van der Waals surface area contributed by atoms with Crippen LogP contribution in [0.2, 0.25) is 0 Å². The molecule has 0 amide bonds. The number of hydrogen-bond donors (Lipinski definition) is 1. The fourth-order valence-electron chi connectivity index (χ4n) is 1.19. The highest BCUT2D eigenvalue weighted by molar-refractivity contribution is 7.99. The summed E-state index contributed by atoms with van der Waals surface area (Å²) in [5, 5.41) is 0.895. The van der Waals surface area contributed by atoms with Crippen molar-refractivity contribution in [2.24, 2.45) is 5.73 Å². The van der Waals surface area contributed by atoms with Crippen LogP contribution in [0.1, 0.15) is 5.56 Å². The number of hydrogen-bond acceptors (Lipinski definition) is 4. The van der Waals surface area contributed by atoms with Crippen LogP contribution in [0.4, 0.5) is 0 Å². The third kappa shape index (κ3) is 2.78. The van der Waals surface area contributed by atoms with Crippen molar-refractivity contribution in [3.05, 3.63) is 48.4 Å². The van der Waals surface area contributed by atoms with Crippen molar-refractivity contribution in [2.45, 2.75) is 16.5 Å². The molecule has 3 nitrogen and oxygen atoms in total. The molecule has 0 aliphatic carbocycles. The van der Waals surface area contributed by atoms with Gasteiger partial charge in [0.1, 0.15) is 5.03 Å². The summed E-state index contributed by atoms with van der Waals surface area (Å²) in [6.45, 7) is 0.564. The van der Waals surface area contributed by atoms with E-state index < -0.39 is 0 Å². The fraction of sp³-hybridized carbons (Fsp3) is 0.0909. The largest absolute Gasteiger partial charge is 0.326 e. The fourth-order valence-corrected chi connectivity index (χ4v) is 2.02. The number of nitrogens with two attached hydrogens (primary N) is 1. The minimum atomic E-state index is 0.564. The van der Waals surface area contributed by atoms with E-state index in [-0.39, 0.29) is 0 Å². The van der Waals surface area contributed by atoms with Crippen LogP contribution in [0.15, 0.2) is 52.8 Å². The lowest BCUT2D eigenvalue weighted by Crippen LogP contribution is -1.95. The molecule has 0 bridgehead atoms. The van der Waals surface area contributed by atoms with Crippen LogP contribution >= 0.6 is 11.8 Å². The van der Waals surface area contributed by atoms with E-state index in [9.17, 15) is 0 Å². The molecule has 1 aromatic carbocycles. The summed E-state index contributed by atoms with van der Waals surface area (Å²) in [5.74, 6) is 0. The second-order valence-corrected chi connectivity index (χ2v) is 4.09. The maximum absolute atomic E-state index is 5.57. The first-order valence-electron chi connectivity index (χ1n) is 4.61. The highest BCUT2D eigenvalue weighted by atomic mass is 32.2. The van der Waals surface area contributed by atoms with Crippen molar-refractivity contribution in [1.29, 1.82) is 0 Å². The molecular weight excluding hydrogens is 206 g/mol. The summed E-state index contributed by atoms with van der Waals surface area (Å²) in [6, 6.07) is 8.12. The monoisotopic (exact) mass is 217 g/mol. The molecule has 0 spiro atoms. The number of benzene rings is 1. The Hall–Kier alpha value is -1.39. The van der Waals surface area contributed by atoms with E-state index in [1.807, 2.05) is 18.2 Å². The Bertz CT molecular complexity index is 431. The Balaban J connectivity index is 2.17. The summed E-state index contributed by atoms with van der Waals surface area (Å²) in [7, 11) is 0. The Morgan fingerprint density at radius 1 is 1.27 bits per heavy atom. The molecule has 0 aliphatic heterocycles. The molecule has 1 aromatic heterocycles. The van der Waals surface area contributed by atoms with E-state index in [1.165, 1.54) is 0 Å². The van der Waals surface area contributed by atoms with E-state index in [4.69, 9.17) is 5.73 Å². The van der Waals surface area contributed by atoms with Gasteiger partial charge in [-0.15, -0.1) is 0 Å². The second-order valence-electron chi connectivity index (χ2n) is 3.00. The Morgan fingerprint density at radius 3 is 2.93 bits per heavy atom. The molecule has 4 heteroatoms. The molecule has 0 fully saturated rings. The first-order chi connectivity index (χ1) is 7.38. The van der Waals surface area contributed by atoms with E-state index in [0.717, 1.165) is 15.5 Å². The van der Waals surface area contributed by atoms with Crippen molar-refractivity contribution in [2.75, 3.05) is 0 Å². The molecule has 2 rings (SSSR count). The van der Waals surface area contributed by atoms with Gasteiger partial charge in [0.2, 0.25) is 0 Å². The van der Waals surface area contributed by atoms with Gasteiger partial charge in [-0.2, -0.15) is 0 Å². The number of aromatic nitrogens is 2. The molecule has 76 valence electrons. The van der Waals surface area contributed by atoms with Gasteiger partial charge in [-0.05, 0) is 17.7 Å². The standard InChI is InChI=1S/C11H11N3S/c12-7-9-2-1-3-10(6-9)15-11-8-13-4-5-14-11/h1-6,8H,7,12H2. The zero-order chi connectivity index (χ0) is 10.5. The van der Waals surface area contributed by atoms with Crippen LogP contribution in [0.5, 0.6) is 0 Å². The van der Waals surface area contributed by atoms with Crippen molar-refractivity contribution in [3.8, 4) is 0 Å². The quantitative estimate of drug-likeness (QED) is 0.855. The molecule has 0 unspecified atom stereocenters. The first-order valence-corrected chi connectivity index (χ1v) is 5.43. The van der Waals surface area contributed by atoms with Crippen molar-refractivity contribution < 1.29 is 0 Å². The molecule has 0 saturated heterocycles. The Labute approximate surface area is 92.8 Å². The summed E-state index contributed by atoms with van der Waals surface area (Å²) in [5.41, 5.74) is 6.70. The lowest BCUT2D eigenvalue weighted by atomic mass is 10.2. The molecule has 15 heavy (non-hydrogen) atoms. The Morgan fingerprint density at radius 2 is 2.20 bits per heavy atom. The predicted octanol–water partition coefficient (Wildman–Crippen LogP) is 2.09. The van der Waals surface area contributed by atoms with Gasteiger partial charge in [0.25, 0.3) is 0 Å². The smallest absolute Gasteiger partial charge is 0.119 e. The molecule has 0 atom stereocenters. The summed E-state index contributed by atoms with van der Waals surface area (Å²) < 4.78 is 0. The van der Waals surface area contributed by atoms with Gasteiger partial charge in [0.15, 0.2) is 0 Å². The number of nitrogens with zero attached hydrogens (tertiary/aromatic N) is 2. The van der Waals surface area contributed by atoms with E-state index in [2.05, 4.69) is 16.0 Å². The summed E-state index contributed by atoms with van der Waals surface area (Å²) in [6.07, 6.45) is 5.11. The van der Waals surface area contributed by atoms with Gasteiger partial charge < -0.3 is 5.73 Å². The molecule has 1 heterocycles. The molecule has 0 saturated carbocycles. The van der Waals surface area contributed by atoms with E-state index >= 15 is 0 Å². The minimum absolute atomic E-state index is 0.564. The van der Waals surface area contributed by atoms with Crippen LogP contribution < -0.4 is 5.73 Å². The lowest BCUT2D eigenvalue weighted by molar-refractivity contribution is 1.05. The average Bonchev–Trinajstić information content (AvgIpc) is 2.31. The predicted molar refractivity (Wildman–Crippen MR) is 60.5 cm³/mol. The normalized spacial score (nSPS) is 10.2.